The molecule has 10 heteroatoms. The van der Waals surface area contributed by atoms with Crippen molar-refractivity contribution in [2.45, 2.75) is 6.61 Å². The predicted octanol–water partition coefficient (Wildman–Crippen LogP) is 2.33. The number of halogens is 1. The maximum absolute atomic E-state index is 11.2. The van der Waals surface area contributed by atoms with E-state index >= 15 is 0 Å². The summed E-state index contributed by atoms with van der Waals surface area (Å²) in [5.41, 5.74) is 6.19. The van der Waals surface area contributed by atoms with E-state index in [0.29, 0.717) is 10.6 Å². The Morgan fingerprint density at radius 1 is 1.68 bits per heavy atom. The minimum atomic E-state index is -0.680. The van der Waals surface area contributed by atoms with Crippen LogP contribution in [-0.4, -0.2) is 12.2 Å². The lowest BCUT2D eigenvalue weighted by Gasteiger charge is -2.07. The number of hydrogen-bond donors (Lipinski definition) is 4. The molecule has 19 heavy (non-hydrogen) atoms. The molecule has 1 rings (SSSR count). The number of carbonyl (C=O) groups is 1. The topological polar surface area (TPSA) is 139 Å². The first-order valence-corrected chi connectivity index (χ1v) is 6.52. The molecule has 0 fully saturated rings. The zero-order chi connectivity index (χ0) is 14.3. The smallest absolute Gasteiger partial charge is 0.366 e. The average molecular weight is 347 g/mol. The van der Waals surface area contributed by atoms with Gasteiger partial charge in [0.2, 0.25) is 0 Å². The Morgan fingerprint density at radius 3 is 3.05 bits per heavy atom. The van der Waals surface area contributed by atoms with Gasteiger partial charge in [-0.25, -0.2) is 4.79 Å². The number of anilines is 1. The molecule has 6 N–H and O–H groups in total. The van der Waals surface area contributed by atoms with Crippen molar-refractivity contribution < 1.29 is 9.53 Å². The largest absolute Gasteiger partial charge is 0.474 e. The van der Waals surface area contributed by atoms with E-state index in [0.717, 1.165) is 10.7 Å². The first-order valence-electron chi connectivity index (χ1n) is 4.85. The van der Waals surface area contributed by atoms with Gasteiger partial charge in [-0.15, -0.1) is 11.3 Å². The molecule has 0 bridgehead atoms. The van der Waals surface area contributed by atoms with E-state index in [1.54, 1.807) is 5.38 Å². The van der Waals surface area contributed by atoms with Crippen LogP contribution in [0.3, 0.4) is 0 Å². The van der Waals surface area contributed by atoms with Crippen molar-refractivity contribution in [3.63, 3.8) is 0 Å². The summed E-state index contributed by atoms with van der Waals surface area (Å²) >= 11 is 4.62. The third kappa shape index (κ3) is 4.67. The van der Waals surface area contributed by atoms with Crippen molar-refractivity contribution in [3.05, 3.63) is 27.4 Å². The molecule has 0 aliphatic heterocycles. The summed E-state index contributed by atoms with van der Waals surface area (Å²) in [5, 5.41) is 17.7. The molecule has 8 nitrogen and oxygen atoms in total. The molecule has 0 aliphatic carbocycles. The normalized spacial score (nSPS) is 11.5. The van der Waals surface area contributed by atoms with Gasteiger partial charge in [-0.2, -0.15) is 0 Å². The number of rotatable bonds is 5. The molecule has 1 aromatic heterocycles. The summed E-state index contributed by atoms with van der Waals surface area (Å²) in [5.74, 6) is 4.88. The Balaban J connectivity index is 2.77. The van der Waals surface area contributed by atoms with E-state index in [2.05, 4.69) is 31.6 Å². The maximum atomic E-state index is 11.2. The fourth-order valence-electron chi connectivity index (χ4n) is 1.06. The number of urea groups is 1. The Kier molecular flexibility index (Phi) is 5.96. The summed E-state index contributed by atoms with van der Waals surface area (Å²) in [4.78, 5) is 11.2. The molecule has 0 spiro atoms. The first-order chi connectivity index (χ1) is 9.08. The van der Waals surface area contributed by atoms with Crippen molar-refractivity contribution in [1.29, 1.82) is 5.41 Å². The summed E-state index contributed by atoms with van der Waals surface area (Å²) in [6, 6.07) is -0.680. The molecular weight excluding hydrogens is 336 g/mol. The lowest BCUT2D eigenvalue weighted by Crippen LogP contribution is -2.08. The number of allylic oxidation sites excluding steroid dienone is 1. The molecular formula is C9H11BrN6O2S. The molecule has 1 heterocycles. The van der Waals surface area contributed by atoms with Gasteiger partial charge in [0, 0.05) is 27.7 Å². The Hall–Kier alpha value is -1.94. The van der Waals surface area contributed by atoms with Crippen molar-refractivity contribution >= 4 is 44.5 Å². The number of hydrogen-bond acceptors (Lipinski definition) is 6. The van der Waals surface area contributed by atoms with Crippen LogP contribution >= 0.6 is 27.3 Å². The number of carbonyl (C=O) groups excluding carboxylic acids is 1. The van der Waals surface area contributed by atoms with Crippen molar-refractivity contribution in [1.82, 2.24) is 0 Å². The van der Waals surface area contributed by atoms with Crippen LogP contribution in [0.25, 0.3) is 0 Å². The second-order valence-electron chi connectivity index (χ2n) is 3.06. The van der Waals surface area contributed by atoms with Crippen LogP contribution in [0.1, 0.15) is 5.56 Å². The van der Waals surface area contributed by atoms with E-state index in [9.17, 15) is 4.79 Å². The number of nitrogens with zero attached hydrogens (tertiary/aromatic N) is 2. The molecule has 0 saturated carbocycles. The summed E-state index contributed by atoms with van der Waals surface area (Å²) < 4.78 is 5.99. The lowest BCUT2D eigenvalue weighted by molar-refractivity contribution is 0.197. The minimum absolute atomic E-state index is 0.104. The van der Waals surface area contributed by atoms with Gasteiger partial charge in [0.15, 0.2) is 5.88 Å². The highest BCUT2D eigenvalue weighted by Gasteiger charge is 2.13. The van der Waals surface area contributed by atoms with Gasteiger partial charge in [0.05, 0.1) is 0 Å². The molecule has 0 aliphatic rings. The fraction of sp³-hybridized carbons (Fsp3) is 0.111. The maximum Gasteiger partial charge on any atom is 0.366 e. The van der Waals surface area contributed by atoms with Crippen LogP contribution in [0.4, 0.5) is 9.80 Å². The highest BCUT2D eigenvalue weighted by Crippen LogP contribution is 2.33. The van der Waals surface area contributed by atoms with Gasteiger partial charge in [-0.1, -0.05) is 10.3 Å². The lowest BCUT2D eigenvalue weighted by atomic mass is 10.3. The monoisotopic (exact) mass is 346 g/mol. The quantitative estimate of drug-likeness (QED) is 0.213. The molecule has 0 radical (unpaired) electrons. The van der Waals surface area contributed by atoms with Gasteiger partial charge < -0.3 is 21.7 Å². The number of nitrogens with one attached hydrogen (secondary N) is 2. The Morgan fingerprint density at radius 2 is 2.42 bits per heavy atom. The Bertz CT molecular complexity index is 527. The van der Waals surface area contributed by atoms with Gasteiger partial charge in [-0.3, -0.25) is 5.32 Å². The third-order valence-corrected chi connectivity index (χ3v) is 3.79. The number of nitrogens with two attached hydrogens (primary N) is 2. The van der Waals surface area contributed by atoms with Gasteiger partial charge in [0.1, 0.15) is 11.6 Å². The molecule has 0 saturated heterocycles. The molecule has 0 atom stereocenters. The van der Waals surface area contributed by atoms with Crippen LogP contribution < -0.4 is 16.9 Å². The summed E-state index contributed by atoms with van der Waals surface area (Å²) in [6.45, 7) is 0.135. The SMILES string of the molecule is N=CC=C(N)OCc1c(Br)csc1NC(=O)N=NN. The molecule has 0 aromatic carbocycles. The first kappa shape index (κ1) is 15.1. The predicted molar refractivity (Wildman–Crippen MR) is 75.9 cm³/mol. The van der Waals surface area contributed by atoms with E-state index in [-0.39, 0.29) is 12.5 Å². The van der Waals surface area contributed by atoms with Crippen molar-refractivity contribution in [2.75, 3.05) is 5.32 Å². The van der Waals surface area contributed by atoms with Crippen molar-refractivity contribution in [2.24, 2.45) is 21.9 Å². The van der Waals surface area contributed by atoms with Crippen LogP contribution in [0.2, 0.25) is 0 Å². The molecule has 1 aromatic rings. The van der Waals surface area contributed by atoms with Crippen molar-refractivity contribution in [3.8, 4) is 0 Å². The average Bonchev–Trinajstić information content (AvgIpc) is 2.68. The number of thiophene rings is 1. The second-order valence-corrected chi connectivity index (χ2v) is 4.80. The zero-order valence-electron chi connectivity index (χ0n) is 9.59. The van der Waals surface area contributed by atoms with Crippen LogP contribution in [0.15, 0.2) is 32.1 Å². The second kappa shape index (κ2) is 7.48. The van der Waals surface area contributed by atoms with Gasteiger partial charge >= 0.3 is 6.03 Å². The van der Waals surface area contributed by atoms with Crippen LogP contribution in [-0.2, 0) is 11.3 Å². The highest BCUT2D eigenvalue weighted by atomic mass is 79.9. The van der Waals surface area contributed by atoms with E-state index in [1.165, 1.54) is 17.4 Å². The third-order valence-electron chi connectivity index (χ3n) is 1.84. The van der Waals surface area contributed by atoms with Gasteiger partial charge in [-0.05, 0) is 15.9 Å². The summed E-state index contributed by atoms with van der Waals surface area (Å²) in [7, 11) is 0. The van der Waals surface area contributed by atoms with Crippen LogP contribution in [0.5, 0.6) is 0 Å². The summed E-state index contributed by atoms with van der Waals surface area (Å²) in [6.07, 6.45) is 2.32. The Labute approximate surface area is 121 Å². The number of ether oxygens (including phenoxy) is 1. The highest BCUT2D eigenvalue weighted by molar-refractivity contribution is 9.10. The minimum Gasteiger partial charge on any atom is -0.474 e. The van der Waals surface area contributed by atoms with Crippen LogP contribution in [0, 0.1) is 5.41 Å². The van der Waals surface area contributed by atoms with E-state index < -0.39 is 6.03 Å². The fourth-order valence-corrected chi connectivity index (χ4v) is 2.61. The zero-order valence-corrected chi connectivity index (χ0v) is 12.0. The molecule has 2 amide bonds. The molecule has 0 unspecified atom stereocenters. The van der Waals surface area contributed by atoms with Gasteiger partial charge in [0.25, 0.3) is 0 Å². The molecule has 102 valence electrons. The standard InChI is InChI=1S/C9H11BrN6O2S/c10-6-4-19-8(14-9(17)15-16-13)5(6)3-18-7(12)1-2-11/h1-2,4,11H,3,12H2,(H3,13,14,15,17). The van der Waals surface area contributed by atoms with E-state index in [4.69, 9.17) is 21.7 Å². The van der Waals surface area contributed by atoms with E-state index in [1.807, 2.05) is 0 Å². The number of amides is 2.